The molecule has 0 aromatic heterocycles. The van der Waals surface area contributed by atoms with E-state index in [4.69, 9.17) is 0 Å². The van der Waals surface area contributed by atoms with Crippen molar-refractivity contribution >= 4 is 11.9 Å². The Morgan fingerprint density at radius 3 is 2.72 bits per heavy atom. The predicted molar refractivity (Wildman–Crippen MR) is 91.9 cm³/mol. The Morgan fingerprint density at radius 2 is 1.96 bits per heavy atom. The van der Waals surface area contributed by atoms with Gasteiger partial charge in [0.15, 0.2) is 0 Å². The molecular formula is C20H20FNO3. The minimum atomic E-state index is -1.03. The lowest BCUT2D eigenvalue weighted by molar-refractivity contribution is -0.131. The second-order valence-corrected chi connectivity index (χ2v) is 6.36. The molecule has 2 aromatic rings. The number of aromatic carboxylic acids is 1. The third-order valence-electron chi connectivity index (χ3n) is 4.65. The fourth-order valence-corrected chi connectivity index (χ4v) is 3.46. The Bertz CT molecular complexity index is 790. The Morgan fingerprint density at radius 1 is 1.16 bits per heavy atom. The Kier molecular flexibility index (Phi) is 5.12. The molecule has 0 spiro atoms. The zero-order valence-electron chi connectivity index (χ0n) is 13.8. The number of hydrogen-bond acceptors (Lipinski definition) is 2. The SMILES string of the molecule is O=C(O)c1ccccc1CC(=O)N1CCCC1Cc1cccc(F)c1. The predicted octanol–water partition coefficient (Wildman–Crippen LogP) is 3.30. The van der Waals surface area contributed by atoms with Gasteiger partial charge in [0.25, 0.3) is 0 Å². The maximum atomic E-state index is 13.4. The topological polar surface area (TPSA) is 57.6 Å². The second kappa shape index (κ2) is 7.47. The monoisotopic (exact) mass is 341 g/mol. The molecule has 1 heterocycles. The molecule has 0 bridgehead atoms. The molecule has 1 saturated heterocycles. The quantitative estimate of drug-likeness (QED) is 0.908. The minimum Gasteiger partial charge on any atom is -0.478 e. The fraction of sp³-hybridized carbons (Fsp3) is 0.300. The van der Waals surface area contributed by atoms with E-state index in [1.165, 1.54) is 18.2 Å². The van der Waals surface area contributed by atoms with E-state index >= 15 is 0 Å². The Labute approximate surface area is 145 Å². The van der Waals surface area contributed by atoms with Crippen molar-refractivity contribution in [3.05, 3.63) is 71.0 Å². The molecular weight excluding hydrogens is 321 g/mol. The number of halogens is 1. The van der Waals surface area contributed by atoms with Gasteiger partial charge in [-0.3, -0.25) is 4.79 Å². The van der Waals surface area contributed by atoms with E-state index in [9.17, 15) is 19.1 Å². The number of likely N-dealkylation sites (tertiary alicyclic amines) is 1. The van der Waals surface area contributed by atoms with E-state index in [-0.39, 0.29) is 29.8 Å². The molecule has 2 aromatic carbocycles. The van der Waals surface area contributed by atoms with Gasteiger partial charge in [0.1, 0.15) is 5.82 Å². The second-order valence-electron chi connectivity index (χ2n) is 6.36. The summed E-state index contributed by atoms with van der Waals surface area (Å²) in [5.41, 5.74) is 1.56. The Hall–Kier alpha value is -2.69. The molecule has 1 amide bonds. The van der Waals surface area contributed by atoms with Crippen molar-refractivity contribution in [2.45, 2.75) is 31.7 Å². The summed E-state index contributed by atoms with van der Waals surface area (Å²) >= 11 is 0. The van der Waals surface area contributed by atoms with Crippen molar-refractivity contribution in [3.8, 4) is 0 Å². The van der Waals surface area contributed by atoms with Gasteiger partial charge in [-0.05, 0) is 48.6 Å². The van der Waals surface area contributed by atoms with Crippen LogP contribution in [-0.4, -0.2) is 34.5 Å². The van der Waals surface area contributed by atoms with Crippen LogP contribution in [0.1, 0.15) is 34.3 Å². The van der Waals surface area contributed by atoms with E-state index in [1.807, 2.05) is 11.0 Å². The zero-order chi connectivity index (χ0) is 17.8. The standard InChI is InChI=1S/C20H20FNO3/c21-16-7-3-5-14(11-16)12-17-8-4-10-22(17)19(23)13-15-6-1-2-9-18(15)20(24)25/h1-3,5-7,9,11,17H,4,8,10,12-13H2,(H,24,25). The van der Waals surface area contributed by atoms with Crippen LogP contribution in [0.5, 0.6) is 0 Å². The lowest BCUT2D eigenvalue weighted by Crippen LogP contribution is -2.38. The van der Waals surface area contributed by atoms with Crippen molar-refractivity contribution < 1.29 is 19.1 Å². The van der Waals surface area contributed by atoms with E-state index in [1.54, 1.807) is 24.3 Å². The number of amides is 1. The van der Waals surface area contributed by atoms with Crippen LogP contribution in [0.25, 0.3) is 0 Å². The molecule has 0 saturated carbocycles. The highest BCUT2D eigenvalue weighted by molar-refractivity contribution is 5.91. The highest BCUT2D eigenvalue weighted by atomic mass is 19.1. The van der Waals surface area contributed by atoms with Gasteiger partial charge in [0, 0.05) is 12.6 Å². The summed E-state index contributed by atoms with van der Waals surface area (Å²) in [5.74, 6) is -1.38. The molecule has 3 rings (SSSR count). The molecule has 25 heavy (non-hydrogen) atoms. The third kappa shape index (κ3) is 4.05. The van der Waals surface area contributed by atoms with Gasteiger partial charge in [0.2, 0.25) is 5.91 Å². The van der Waals surface area contributed by atoms with Crippen LogP contribution in [0.2, 0.25) is 0 Å². The summed E-state index contributed by atoms with van der Waals surface area (Å²) < 4.78 is 13.4. The molecule has 5 heteroatoms. The van der Waals surface area contributed by atoms with Crippen LogP contribution >= 0.6 is 0 Å². The summed E-state index contributed by atoms with van der Waals surface area (Å²) in [6, 6.07) is 13.1. The van der Waals surface area contributed by atoms with E-state index in [0.29, 0.717) is 18.5 Å². The molecule has 130 valence electrons. The van der Waals surface area contributed by atoms with Gasteiger partial charge in [-0.15, -0.1) is 0 Å². The summed E-state index contributed by atoms with van der Waals surface area (Å²) in [7, 11) is 0. The first-order valence-electron chi connectivity index (χ1n) is 8.39. The molecule has 1 aliphatic heterocycles. The first kappa shape index (κ1) is 17.1. The number of carbonyl (C=O) groups excluding carboxylic acids is 1. The third-order valence-corrected chi connectivity index (χ3v) is 4.65. The molecule has 0 radical (unpaired) electrons. The van der Waals surface area contributed by atoms with Gasteiger partial charge in [-0.2, -0.15) is 0 Å². The first-order valence-corrected chi connectivity index (χ1v) is 8.39. The van der Waals surface area contributed by atoms with Crippen LogP contribution in [-0.2, 0) is 17.6 Å². The van der Waals surface area contributed by atoms with Crippen molar-refractivity contribution in [3.63, 3.8) is 0 Å². The molecule has 1 atom stereocenters. The first-order chi connectivity index (χ1) is 12.0. The summed E-state index contributed by atoms with van der Waals surface area (Å²) in [5, 5.41) is 9.26. The van der Waals surface area contributed by atoms with Crippen molar-refractivity contribution in [1.29, 1.82) is 0 Å². The van der Waals surface area contributed by atoms with Crippen LogP contribution in [0.4, 0.5) is 4.39 Å². The lowest BCUT2D eigenvalue weighted by Gasteiger charge is -2.25. The maximum absolute atomic E-state index is 13.4. The number of benzene rings is 2. The minimum absolute atomic E-state index is 0.0336. The van der Waals surface area contributed by atoms with Crippen LogP contribution in [0, 0.1) is 5.82 Å². The number of carboxylic acids is 1. The highest BCUT2D eigenvalue weighted by Gasteiger charge is 2.29. The summed E-state index contributed by atoms with van der Waals surface area (Å²) in [4.78, 5) is 25.8. The number of carbonyl (C=O) groups is 2. The smallest absolute Gasteiger partial charge is 0.335 e. The summed E-state index contributed by atoms with van der Waals surface area (Å²) in [6.07, 6.45) is 2.47. The van der Waals surface area contributed by atoms with E-state index in [2.05, 4.69) is 0 Å². The number of carboxylic acid groups (broad SMARTS) is 1. The number of hydrogen-bond donors (Lipinski definition) is 1. The van der Waals surface area contributed by atoms with Crippen LogP contribution in [0.15, 0.2) is 48.5 Å². The average molecular weight is 341 g/mol. The van der Waals surface area contributed by atoms with Crippen molar-refractivity contribution in [1.82, 2.24) is 4.90 Å². The zero-order valence-corrected chi connectivity index (χ0v) is 13.8. The average Bonchev–Trinajstić information content (AvgIpc) is 3.03. The van der Waals surface area contributed by atoms with Crippen molar-refractivity contribution in [2.75, 3.05) is 6.54 Å². The molecule has 0 aliphatic carbocycles. The molecule has 1 aliphatic rings. The van der Waals surface area contributed by atoms with Crippen LogP contribution < -0.4 is 0 Å². The summed E-state index contributed by atoms with van der Waals surface area (Å²) in [6.45, 7) is 0.661. The Balaban J connectivity index is 1.72. The van der Waals surface area contributed by atoms with Gasteiger partial charge in [-0.1, -0.05) is 30.3 Å². The van der Waals surface area contributed by atoms with Gasteiger partial charge in [-0.25, -0.2) is 9.18 Å². The maximum Gasteiger partial charge on any atom is 0.335 e. The normalized spacial score (nSPS) is 16.8. The largest absolute Gasteiger partial charge is 0.478 e. The fourth-order valence-electron chi connectivity index (χ4n) is 3.46. The van der Waals surface area contributed by atoms with E-state index in [0.717, 1.165) is 18.4 Å². The number of rotatable bonds is 5. The lowest BCUT2D eigenvalue weighted by atomic mass is 10.0. The van der Waals surface area contributed by atoms with Gasteiger partial charge >= 0.3 is 5.97 Å². The van der Waals surface area contributed by atoms with Gasteiger partial charge < -0.3 is 10.0 Å². The highest BCUT2D eigenvalue weighted by Crippen LogP contribution is 2.23. The number of nitrogens with zero attached hydrogens (tertiary/aromatic N) is 1. The van der Waals surface area contributed by atoms with Crippen molar-refractivity contribution in [2.24, 2.45) is 0 Å². The van der Waals surface area contributed by atoms with E-state index < -0.39 is 5.97 Å². The molecule has 1 fully saturated rings. The molecule has 4 nitrogen and oxygen atoms in total. The van der Waals surface area contributed by atoms with Crippen LogP contribution in [0.3, 0.4) is 0 Å². The molecule has 1 unspecified atom stereocenters. The molecule has 1 N–H and O–H groups in total. The van der Waals surface area contributed by atoms with Gasteiger partial charge in [0.05, 0.1) is 12.0 Å².